The third-order valence-corrected chi connectivity index (χ3v) is 2.45. The first kappa shape index (κ1) is 10.1. The maximum absolute atomic E-state index is 5.48. The fourth-order valence-electron chi connectivity index (χ4n) is 1.58. The third-order valence-electron chi connectivity index (χ3n) is 2.45. The Morgan fingerprint density at radius 2 is 2.23 bits per heavy atom. The van der Waals surface area contributed by atoms with E-state index in [4.69, 9.17) is 5.84 Å². The summed E-state index contributed by atoms with van der Waals surface area (Å²) in [5, 5.41) is 10.4. The topological polar surface area (TPSA) is 79.6 Å². The van der Waals surface area contributed by atoms with Gasteiger partial charge in [-0.15, -0.1) is 0 Å². The smallest absolute Gasteiger partial charge is 0.101 e. The van der Waals surface area contributed by atoms with E-state index >= 15 is 0 Å². The first-order valence-electron chi connectivity index (χ1n) is 4.65. The molecular weight excluding hydrogens is 166 g/mol. The number of rotatable bonds is 5. The van der Waals surface area contributed by atoms with Crippen molar-refractivity contribution in [1.29, 1.82) is 0 Å². The van der Waals surface area contributed by atoms with Gasteiger partial charge in [0.15, 0.2) is 0 Å². The van der Waals surface area contributed by atoms with Crippen LogP contribution in [0.15, 0.2) is 6.20 Å². The zero-order chi connectivity index (χ0) is 9.68. The molecule has 1 heterocycles. The minimum absolute atomic E-state index is 0.105. The number of nitrogens with zero attached hydrogens (tertiary/aromatic N) is 2. The number of hydrazine groups is 1. The van der Waals surface area contributed by atoms with E-state index in [1.807, 2.05) is 0 Å². The van der Waals surface area contributed by atoms with Crippen molar-refractivity contribution < 1.29 is 0 Å². The van der Waals surface area contributed by atoms with Crippen molar-refractivity contribution in [2.45, 2.75) is 32.7 Å². The fourth-order valence-corrected chi connectivity index (χ4v) is 1.58. The molecule has 1 aromatic rings. The highest BCUT2D eigenvalue weighted by atomic mass is 15.3. The summed E-state index contributed by atoms with van der Waals surface area (Å²) in [4.78, 5) is 0. The Morgan fingerprint density at radius 1 is 1.54 bits per heavy atom. The van der Waals surface area contributed by atoms with Crippen molar-refractivity contribution in [3.05, 3.63) is 11.9 Å². The molecule has 0 aliphatic rings. The summed E-state index contributed by atoms with van der Waals surface area (Å²) in [5.74, 6) is 5.99. The van der Waals surface area contributed by atoms with Gasteiger partial charge in [-0.2, -0.15) is 15.4 Å². The maximum atomic E-state index is 5.48. The van der Waals surface area contributed by atoms with Crippen molar-refractivity contribution in [3.8, 4) is 0 Å². The number of nitrogens with one attached hydrogen (secondary N) is 2. The van der Waals surface area contributed by atoms with Gasteiger partial charge in [-0.3, -0.25) is 11.3 Å². The van der Waals surface area contributed by atoms with Crippen LogP contribution in [0, 0.1) is 5.92 Å². The van der Waals surface area contributed by atoms with E-state index in [1.165, 1.54) is 0 Å². The first-order valence-corrected chi connectivity index (χ1v) is 4.65. The van der Waals surface area contributed by atoms with Gasteiger partial charge in [-0.25, -0.2) is 0 Å². The SMILES string of the molecule is CCC(CC)C(NN)c1cn[nH]n1. The summed E-state index contributed by atoms with van der Waals surface area (Å²) in [6, 6.07) is 0.105. The van der Waals surface area contributed by atoms with Crippen LogP contribution in [0.3, 0.4) is 0 Å². The summed E-state index contributed by atoms with van der Waals surface area (Å²) < 4.78 is 0. The lowest BCUT2D eigenvalue weighted by Gasteiger charge is -2.21. The molecule has 1 aromatic heterocycles. The van der Waals surface area contributed by atoms with Crippen molar-refractivity contribution >= 4 is 0 Å². The van der Waals surface area contributed by atoms with Crippen LogP contribution >= 0.6 is 0 Å². The average Bonchev–Trinajstić information content (AvgIpc) is 2.66. The first-order chi connectivity index (χ1) is 6.33. The highest BCUT2D eigenvalue weighted by molar-refractivity contribution is 5.01. The predicted molar refractivity (Wildman–Crippen MR) is 50.5 cm³/mol. The minimum atomic E-state index is 0.105. The maximum Gasteiger partial charge on any atom is 0.101 e. The largest absolute Gasteiger partial charge is 0.271 e. The van der Waals surface area contributed by atoms with Gasteiger partial charge in [0.25, 0.3) is 0 Å². The van der Waals surface area contributed by atoms with Crippen molar-refractivity contribution in [2.24, 2.45) is 11.8 Å². The van der Waals surface area contributed by atoms with Crippen LogP contribution in [-0.2, 0) is 0 Å². The highest BCUT2D eigenvalue weighted by Crippen LogP contribution is 2.24. The van der Waals surface area contributed by atoms with E-state index in [9.17, 15) is 0 Å². The number of aromatic nitrogens is 3. The highest BCUT2D eigenvalue weighted by Gasteiger charge is 2.20. The summed E-state index contributed by atoms with van der Waals surface area (Å²) in [6.07, 6.45) is 3.87. The molecule has 1 unspecified atom stereocenters. The van der Waals surface area contributed by atoms with Crippen LogP contribution in [0.4, 0.5) is 0 Å². The lowest BCUT2D eigenvalue weighted by molar-refractivity contribution is 0.339. The molecule has 74 valence electrons. The number of aromatic amines is 1. The van der Waals surface area contributed by atoms with Gasteiger partial charge in [0, 0.05) is 0 Å². The average molecular weight is 183 g/mol. The Bertz CT molecular complexity index is 216. The van der Waals surface area contributed by atoms with Gasteiger partial charge in [0.05, 0.1) is 12.2 Å². The van der Waals surface area contributed by atoms with E-state index in [0.717, 1.165) is 18.5 Å². The molecule has 0 aromatic carbocycles. The van der Waals surface area contributed by atoms with Crippen LogP contribution in [-0.4, -0.2) is 15.4 Å². The van der Waals surface area contributed by atoms with E-state index in [2.05, 4.69) is 34.7 Å². The van der Waals surface area contributed by atoms with Gasteiger partial charge >= 0.3 is 0 Å². The monoisotopic (exact) mass is 183 g/mol. The normalized spacial score (nSPS) is 13.5. The molecule has 13 heavy (non-hydrogen) atoms. The summed E-state index contributed by atoms with van der Waals surface area (Å²) in [6.45, 7) is 4.30. The van der Waals surface area contributed by atoms with E-state index in [1.54, 1.807) is 6.20 Å². The summed E-state index contributed by atoms with van der Waals surface area (Å²) in [5.41, 5.74) is 3.67. The zero-order valence-electron chi connectivity index (χ0n) is 8.12. The molecule has 4 N–H and O–H groups in total. The van der Waals surface area contributed by atoms with Crippen molar-refractivity contribution in [1.82, 2.24) is 20.8 Å². The number of hydrogen-bond acceptors (Lipinski definition) is 4. The molecule has 0 spiro atoms. The van der Waals surface area contributed by atoms with Gasteiger partial charge in [-0.05, 0) is 5.92 Å². The predicted octanol–water partition coefficient (Wildman–Crippen LogP) is 0.745. The third kappa shape index (κ3) is 2.26. The van der Waals surface area contributed by atoms with Gasteiger partial charge < -0.3 is 0 Å². The molecule has 5 heteroatoms. The number of H-pyrrole nitrogens is 1. The summed E-state index contributed by atoms with van der Waals surface area (Å²) in [7, 11) is 0. The molecule has 0 bridgehead atoms. The Morgan fingerprint density at radius 3 is 2.62 bits per heavy atom. The van der Waals surface area contributed by atoms with Gasteiger partial charge in [0.1, 0.15) is 5.69 Å². The van der Waals surface area contributed by atoms with Gasteiger partial charge in [-0.1, -0.05) is 26.7 Å². The Hall–Kier alpha value is -0.940. The molecule has 0 saturated heterocycles. The molecule has 0 radical (unpaired) electrons. The number of hydrogen-bond donors (Lipinski definition) is 3. The van der Waals surface area contributed by atoms with E-state index in [-0.39, 0.29) is 6.04 Å². The standard InChI is InChI=1S/C8H17N5/c1-3-6(4-2)8(11-9)7-5-10-13-12-7/h5-6,8,11H,3-4,9H2,1-2H3,(H,10,12,13). The molecule has 1 atom stereocenters. The molecule has 0 aliphatic heterocycles. The quantitative estimate of drug-likeness (QED) is 0.465. The second kappa shape index (κ2) is 4.94. The fraction of sp³-hybridized carbons (Fsp3) is 0.750. The molecular formula is C8H17N5. The molecule has 0 amide bonds. The lowest BCUT2D eigenvalue weighted by atomic mass is 9.93. The Labute approximate surface area is 78.1 Å². The molecule has 0 saturated carbocycles. The second-order valence-corrected chi connectivity index (χ2v) is 3.12. The van der Waals surface area contributed by atoms with Crippen LogP contribution in [0.25, 0.3) is 0 Å². The molecule has 0 fully saturated rings. The van der Waals surface area contributed by atoms with E-state index in [0.29, 0.717) is 5.92 Å². The van der Waals surface area contributed by atoms with Crippen molar-refractivity contribution in [2.75, 3.05) is 0 Å². The van der Waals surface area contributed by atoms with Gasteiger partial charge in [0.2, 0.25) is 0 Å². The second-order valence-electron chi connectivity index (χ2n) is 3.12. The number of nitrogens with two attached hydrogens (primary N) is 1. The Balaban J connectivity index is 2.72. The van der Waals surface area contributed by atoms with Crippen LogP contribution in [0.5, 0.6) is 0 Å². The van der Waals surface area contributed by atoms with Crippen molar-refractivity contribution in [3.63, 3.8) is 0 Å². The summed E-state index contributed by atoms with van der Waals surface area (Å²) >= 11 is 0. The van der Waals surface area contributed by atoms with Crippen LogP contribution in [0.1, 0.15) is 38.4 Å². The molecule has 1 rings (SSSR count). The van der Waals surface area contributed by atoms with Crippen LogP contribution in [0.2, 0.25) is 0 Å². The zero-order valence-corrected chi connectivity index (χ0v) is 8.12. The minimum Gasteiger partial charge on any atom is -0.271 e. The van der Waals surface area contributed by atoms with Crippen LogP contribution < -0.4 is 11.3 Å². The Kier molecular flexibility index (Phi) is 3.85. The van der Waals surface area contributed by atoms with E-state index < -0.39 is 0 Å². The molecule has 5 nitrogen and oxygen atoms in total. The molecule has 0 aliphatic carbocycles. The lowest BCUT2D eigenvalue weighted by Crippen LogP contribution is -2.33.